The highest BCUT2D eigenvalue weighted by Gasteiger charge is 2.22. The van der Waals surface area contributed by atoms with Gasteiger partial charge in [-0.25, -0.2) is 0 Å². The number of benzene rings is 1. The molecule has 2 amide bonds. The molecule has 0 saturated carbocycles. The predicted molar refractivity (Wildman–Crippen MR) is 93.6 cm³/mol. The van der Waals surface area contributed by atoms with Crippen LogP contribution in [0.4, 0.5) is 5.69 Å². The summed E-state index contributed by atoms with van der Waals surface area (Å²) < 4.78 is 0. The number of aromatic nitrogens is 2. The lowest BCUT2D eigenvalue weighted by Gasteiger charge is -2.13. The van der Waals surface area contributed by atoms with Gasteiger partial charge in [0.2, 0.25) is 0 Å². The Morgan fingerprint density at radius 1 is 1.25 bits per heavy atom. The number of hydrogen-bond acceptors (Lipinski definition) is 4. The minimum absolute atomic E-state index is 0. The number of carbonyl (C=O) groups excluding carboxylic acids is 2. The second-order valence-electron chi connectivity index (χ2n) is 5.32. The van der Waals surface area contributed by atoms with Crippen LogP contribution in [0, 0.1) is 0 Å². The van der Waals surface area contributed by atoms with Crippen LogP contribution in [0.1, 0.15) is 39.0 Å². The summed E-state index contributed by atoms with van der Waals surface area (Å²) in [5.41, 5.74) is 3.17. The van der Waals surface area contributed by atoms with E-state index in [4.69, 9.17) is 0 Å². The Balaban J connectivity index is 0.00000208. The van der Waals surface area contributed by atoms with E-state index in [1.165, 1.54) is 0 Å². The molecule has 7 nitrogen and oxygen atoms in total. The second-order valence-corrected chi connectivity index (χ2v) is 5.32. The number of carbonyl (C=O) groups is 2. The number of amides is 2. The van der Waals surface area contributed by atoms with Crippen molar-refractivity contribution in [1.82, 2.24) is 20.8 Å². The molecule has 0 atom stereocenters. The maximum absolute atomic E-state index is 12.5. The van der Waals surface area contributed by atoms with E-state index < -0.39 is 0 Å². The van der Waals surface area contributed by atoms with Crippen molar-refractivity contribution in [2.75, 3.05) is 18.4 Å². The molecule has 0 aliphatic carbocycles. The Bertz CT molecular complexity index is 744. The van der Waals surface area contributed by atoms with Crippen molar-refractivity contribution in [2.24, 2.45) is 0 Å². The molecule has 1 aliphatic heterocycles. The van der Waals surface area contributed by atoms with Crippen LogP contribution in [0.2, 0.25) is 0 Å². The summed E-state index contributed by atoms with van der Waals surface area (Å²) in [4.78, 5) is 24.6. The fourth-order valence-corrected chi connectivity index (χ4v) is 2.64. The van der Waals surface area contributed by atoms with Gasteiger partial charge in [0.25, 0.3) is 11.8 Å². The fourth-order valence-electron chi connectivity index (χ4n) is 2.64. The third-order valence-electron chi connectivity index (χ3n) is 3.78. The first-order chi connectivity index (χ1) is 11.2. The van der Waals surface area contributed by atoms with Gasteiger partial charge in [-0.05, 0) is 19.1 Å². The summed E-state index contributed by atoms with van der Waals surface area (Å²) in [5.74, 6) is -0.530. The number of aromatic amines is 1. The van der Waals surface area contributed by atoms with Crippen LogP contribution in [0.5, 0.6) is 0 Å². The van der Waals surface area contributed by atoms with E-state index in [2.05, 4.69) is 26.1 Å². The Morgan fingerprint density at radius 3 is 2.83 bits per heavy atom. The second kappa shape index (κ2) is 7.94. The number of fused-ring (bicyclic) bond motifs is 1. The number of para-hydroxylation sites is 1. The maximum Gasteiger partial charge on any atom is 0.276 e. The number of anilines is 1. The Kier molecular flexibility index (Phi) is 5.94. The first-order valence-corrected chi connectivity index (χ1v) is 7.66. The lowest BCUT2D eigenvalue weighted by Crippen LogP contribution is -2.26. The van der Waals surface area contributed by atoms with Gasteiger partial charge >= 0.3 is 0 Å². The average Bonchev–Trinajstić information content (AvgIpc) is 2.99. The van der Waals surface area contributed by atoms with Gasteiger partial charge in [-0.15, -0.1) is 12.4 Å². The third-order valence-corrected chi connectivity index (χ3v) is 3.78. The largest absolute Gasteiger partial charge is 0.352 e. The molecule has 4 N–H and O–H groups in total. The molecule has 3 rings (SSSR count). The van der Waals surface area contributed by atoms with Crippen LogP contribution in [0.3, 0.4) is 0 Å². The van der Waals surface area contributed by atoms with Crippen molar-refractivity contribution < 1.29 is 9.59 Å². The van der Waals surface area contributed by atoms with Crippen molar-refractivity contribution in [2.45, 2.75) is 19.9 Å². The predicted octanol–water partition coefficient (Wildman–Crippen LogP) is 1.48. The molecule has 0 radical (unpaired) electrons. The minimum atomic E-state index is -0.317. The first-order valence-electron chi connectivity index (χ1n) is 7.66. The zero-order chi connectivity index (χ0) is 16.2. The summed E-state index contributed by atoms with van der Waals surface area (Å²) in [7, 11) is 0. The summed E-state index contributed by atoms with van der Waals surface area (Å²) in [5, 5.41) is 15.8. The van der Waals surface area contributed by atoms with E-state index in [-0.39, 0.29) is 24.2 Å². The van der Waals surface area contributed by atoms with Crippen LogP contribution < -0.4 is 16.0 Å². The van der Waals surface area contributed by atoms with Crippen LogP contribution in [-0.2, 0) is 13.0 Å². The number of nitrogens with zero attached hydrogens (tertiary/aromatic N) is 1. The molecule has 2 heterocycles. The van der Waals surface area contributed by atoms with Gasteiger partial charge in [0.05, 0.1) is 11.3 Å². The lowest BCUT2D eigenvalue weighted by atomic mass is 10.1. The van der Waals surface area contributed by atoms with E-state index in [9.17, 15) is 9.59 Å². The number of rotatable bonds is 4. The normalized spacial score (nSPS) is 12.7. The van der Waals surface area contributed by atoms with E-state index in [1.54, 1.807) is 24.3 Å². The van der Waals surface area contributed by atoms with E-state index in [1.807, 2.05) is 6.92 Å². The fraction of sp³-hybridized carbons (Fsp3) is 0.312. The smallest absolute Gasteiger partial charge is 0.276 e. The van der Waals surface area contributed by atoms with Crippen LogP contribution >= 0.6 is 12.4 Å². The molecular weight excluding hydrogens is 330 g/mol. The quantitative estimate of drug-likeness (QED) is 0.672. The van der Waals surface area contributed by atoms with Gasteiger partial charge in [-0.1, -0.05) is 12.1 Å². The molecule has 128 valence electrons. The molecule has 0 bridgehead atoms. The molecule has 0 saturated heterocycles. The summed E-state index contributed by atoms with van der Waals surface area (Å²) in [6, 6.07) is 6.93. The molecule has 1 aromatic heterocycles. The zero-order valence-corrected chi connectivity index (χ0v) is 14.1. The monoisotopic (exact) mass is 349 g/mol. The van der Waals surface area contributed by atoms with Crippen molar-refractivity contribution >= 4 is 29.9 Å². The Labute approximate surface area is 146 Å². The minimum Gasteiger partial charge on any atom is -0.352 e. The van der Waals surface area contributed by atoms with Crippen LogP contribution in [0.15, 0.2) is 24.3 Å². The molecular formula is C16H20ClN5O2. The van der Waals surface area contributed by atoms with Crippen molar-refractivity contribution in [1.29, 1.82) is 0 Å². The Morgan fingerprint density at radius 2 is 2.04 bits per heavy atom. The van der Waals surface area contributed by atoms with Crippen molar-refractivity contribution in [3.05, 3.63) is 46.8 Å². The third kappa shape index (κ3) is 3.58. The first kappa shape index (κ1) is 18.0. The molecule has 24 heavy (non-hydrogen) atoms. The number of nitrogens with one attached hydrogen (secondary N) is 4. The average molecular weight is 350 g/mol. The van der Waals surface area contributed by atoms with Crippen LogP contribution in [0.25, 0.3) is 0 Å². The summed E-state index contributed by atoms with van der Waals surface area (Å²) >= 11 is 0. The lowest BCUT2D eigenvalue weighted by molar-refractivity contribution is 0.0956. The van der Waals surface area contributed by atoms with E-state index in [0.29, 0.717) is 30.0 Å². The highest BCUT2D eigenvalue weighted by Crippen LogP contribution is 2.19. The van der Waals surface area contributed by atoms with Gasteiger partial charge in [0, 0.05) is 37.3 Å². The van der Waals surface area contributed by atoms with Crippen molar-refractivity contribution in [3.63, 3.8) is 0 Å². The molecule has 1 aromatic carbocycles. The van der Waals surface area contributed by atoms with Gasteiger partial charge in [-0.3, -0.25) is 14.7 Å². The molecule has 0 unspecified atom stereocenters. The maximum atomic E-state index is 12.5. The van der Waals surface area contributed by atoms with E-state index >= 15 is 0 Å². The highest BCUT2D eigenvalue weighted by atomic mass is 35.5. The topological polar surface area (TPSA) is 98.9 Å². The van der Waals surface area contributed by atoms with Gasteiger partial charge in [0.1, 0.15) is 0 Å². The van der Waals surface area contributed by atoms with Crippen LogP contribution in [-0.4, -0.2) is 35.1 Å². The van der Waals surface area contributed by atoms with Gasteiger partial charge < -0.3 is 16.0 Å². The molecule has 2 aromatic rings. The Hall–Kier alpha value is -2.38. The van der Waals surface area contributed by atoms with Gasteiger partial charge in [-0.2, -0.15) is 5.10 Å². The van der Waals surface area contributed by atoms with Crippen molar-refractivity contribution in [3.8, 4) is 0 Å². The van der Waals surface area contributed by atoms with Gasteiger partial charge in [0.15, 0.2) is 5.69 Å². The summed E-state index contributed by atoms with van der Waals surface area (Å²) in [6.07, 6.45) is 0.825. The SMILES string of the molecule is CCNC(=O)c1ccccc1NC(=O)c1n[nH]c2c1CNCC2.Cl. The summed E-state index contributed by atoms with van der Waals surface area (Å²) in [6.45, 7) is 3.87. The number of halogens is 1. The number of H-pyrrole nitrogens is 1. The zero-order valence-electron chi connectivity index (χ0n) is 13.3. The molecule has 0 spiro atoms. The molecule has 1 aliphatic rings. The molecule has 0 fully saturated rings. The standard InChI is InChI=1S/C16H19N5O2.ClH/c1-2-18-15(22)10-5-3-4-6-12(10)19-16(23)14-11-9-17-8-7-13(11)20-21-14;/h3-6,17H,2,7-9H2,1H3,(H,18,22)(H,19,23)(H,20,21);1H. The highest BCUT2D eigenvalue weighted by molar-refractivity contribution is 6.08. The van der Waals surface area contributed by atoms with E-state index in [0.717, 1.165) is 24.2 Å². The molecule has 8 heteroatoms. The number of hydrogen-bond donors (Lipinski definition) is 4.